The van der Waals surface area contributed by atoms with E-state index in [1.807, 2.05) is 66.9 Å². The maximum Gasteiger partial charge on any atom is 0.339 e. The van der Waals surface area contributed by atoms with E-state index >= 15 is 0 Å². The normalized spacial score (nSPS) is 10.4. The van der Waals surface area contributed by atoms with Crippen molar-refractivity contribution in [2.24, 2.45) is 0 Å². The molecule has 3 nitrogen and oxygen atoms in total. The van der Waals surface area contributed by atoms with E-state index in [1.165, 1.54) is 0 Å². The Kier molecular flexibility index (Phi) is 5.37. The molecule has 0 aliphatic rings. The third-order valence-electron chi connectivity index (χ3n) is 3.90. The van der Waals surface area contributed by atoms with Crippen LogP contribution in [0.4, 0.5) is 0 Å². The molecule has 123 valence electrons. The number of carbonyl (C=O) groups excluding carboxylic acids is 2. The van der Waals surface area contributed by atoms with Crippen LogP contribution in [0.3, 0.4) is 0 Å². The fourth-order valence-electron chi connectivity index (χ4n) is 2.60. The SMILES string of the molecule is O=[C]Cc1ccc(C(=O)OC(c2ccccc2)c2ccccc2)cc1. The summed E-state index contributed by atoms with van der Waals surface area (Å²) < 4.78 is 5.79. The molecule has 25 heavy (non-hydrogen) atoms. The second kappa shape index (κ2) is 8.06. The summed E-state index contributed by atoms with van der Waals surface area (Å²) in [4.78, 5) is 23.0. The van der Waals surface area contributed by atoms with Crippen LogP contribution < -0.4 is 0 Å². The highest BCUT2D eigenvalue weighted by Gasteiger charge is 2.19. The van der Waals surface area contributed by atoms with Crippen LogP contribution in [0, 0.1) is 0 Å². The predicted octanol–water partition coefficient (Wildman–Crippen LogP) is 4.29. The number of hydrogen-bond acceptors (Lipinski definition) is 3. The molecule has 0 aliphatic heterocycles. The highest BCUT2D eigenvalue weighted by molar-refractivity contribution is 5.89. The van der Waals surface area contributed by atoms with Crippen molar-refractivity contribution in [3.8, 4) is 0 Å². The number of esters is 1. The van der Waals surface area contributed by atoms with Crippen LogP contribution in [0.15, 0.2) is 84.9 Å². The molecule has 0 saturated carbocycles. The molecule has 0 amide bonds. The van der Waals surface area contributed by atoms with Gasteiger partial charge in [-0.05, 0) is 28.8 Å². The number of carbonyl (C=O) groups is 1. The smallest absolute Gasteiger partial charge is 0.339 e. The van der Waals surface area contributed by atoms with Gasteiger partial charge >= 0.3 is 5.97 Å². The molecule has 3 aromatic carbocycles. The molecule has 0 unspecified atom stereocenters. The average molecular weight is 329 g/mol. The lowest BCUT2D eigenvalue weighted by atomic mass is 10.0. The Bertz CT molecular complexity index is 785. The van der Waals surface area contributed by atoms with Gasteiger partial charge < -0.3 is 4.74 Å². The van der Waals surface area contributed by atoms with E-state index in [0.717, 1.165) is 16.7 Å². The first-order valence-corrected chi connectivity index (χ1v) is 8.03. The summed E-state index contributed by atoms with van der Waals surface area (Å²) in [7, 11) is 0. The van der Waals surface area contributed by atoms with Gasteiger partial charge in [-0.25, -0.2) is 4.79 Å². The summed E-state index contributed by atoms with van der Waals surface area (Å²) in [6.45, 7) is 0. The van der Waals surface area contributed by atoms with Crippen LogP contribution in [-0.2, 0) is 16.0 Å². The van der Waals surface area contributed by atoms with Crippen LogP contribution in [0.1, 0.15) is 33.2 Å². The zero-order valence-corrected chi connectivity index (χ0v) is 13.6. The van der Waals surface area contributed by atoms with Gasteiger partial charge in [0, 0.05) is 6.42 Å². The van der Waals surface area contributed by atoms with Crippen molar-refractivity contribution in [2.75, 3.05) is 0 Å². The minimum Gasteiger partial charge on any atom is -0.449 e. The fourth-order valence-corrected chi connectivity index (χ4v) is 2.60. The third kappa shape index (κ3) is 4.21. The maximum absolute atomic E-state index is 12.6. The molecule has 0 N–H and O–H groups in total. The quantitative estimate of drug-likeness (QED) is 0.634. The van der Waals surface area contributed by atoms with Crippen LogP contribution in [-0.4, -0.2) is 12.3 Å². The monoisotopic (exact) mass is 329 g/mol. The first-order valence-electron chi connectivity index (χ1n) is 8.03. The lowest BCUT2D eigenvalue weighted by molar-refractivity contribution is 0.0378. The molecule has 0 bridgehead atoms. The van der Waals surface area contributed by atoms with Crippen molar-refractivity contribution < 1.29 is 14.3 Å². The number of hydrogen-bond donors (Lipinski definition) is 0. The van der Waals surface area contributed by atoms with E-state index in [-0.39, 0.29) is 6.42 Å². The molecule has 0 spiro atoms. The highest BCUT2D eigenvalue weighted by atomic mass is 16.5. The van der Waals surface area contributed by atoms with Crippen LogP contribution in [0.5, 0.6) is 0 Å². The van der Waals surface area contributed by atoms with E-state index in [2.05, 4.69) is 0 Å². The minimum atomic E-state index is -0.474. The summed E-state index contributed by atoms with van der Waals surface area (Å²) in [6.07, 6.45) is 1.58. The van der Waals surface area contributed by atoms with Crippen molar-refractivity contribution in [1.29, 1.82) is 0 Å². The number of ether oxygens (including phenoxy) is 1. The lowest BCUT2D eigenvalue weighted by Gasteiger charge is -2.19. The Balaban J connectivity index is 1.85. The Hall–Kier alpha value is -3.20. The maximum atomic E-state index is 12.6. The van der Waals surface area contributed by atoms with E-state index < -0.39 is 12.1 Å². The molecule has 0 aromatic heterocycles. The molecule has 3 aromatic rings. The van der Waals surface area contributed by atoms with Gasteiger partial charge in [0.2, 0.25) is 6.29 Å². The van der Waals surface area contributed by atoms with E-state index in [9.17, 15) is 9.59 Å². The number of benzene rings is 3. The van der Waals surface area contributed by atoms with Gasteiger partial charge in [-0.2, -0.15) is 0 Å². The molecule has 3 rings (SSSR count). The first kappa shape index (κ1) is 16.7. The van der Waals surface area contributed by atoms with E-state index in [0.29, 0.717) is 5.56 Å². The van der Waals surface area contributed by atoms with Crippen molar-refractivity contribution in [3.63, 3.8) is 0 Å². The van der Waals surface area contributed by atoms with E-state index in [1.54, 1.807) is 24.3 Å². The van der Waals surface area contributed by atoms with Crippen LogP contribution >= 0.6 is 0 Å². The molecule has 0 aliphatic carbocycles. The Morgan fingerprint density at radius 1 is 0.800 bits per heavy atom. The lowest BCUT2D eigenvalue weighted by Crippen LogP contribution is -2.13. The molecular weight excluding hydrogens is 312 g/mol. The highest BCUT2D eigenvalue weighted by Crippen LogP contribution is 2.27. The molecule has 0 saturated heterocycles. The van der Waals surface area contributed by atoms with Gasteiger partial charge in [0.25, 0.3) is 0 Å². The molecule has 0 heterocycles. The van der Waals surface area contributed by atoms with Gasteiger partial charge in [-0.3, -0.25) is 4.79 Å². The summed E-state index contributed by atoms with van der Waals surface area (Å²) in [5.74, 6) is -0.403. The van der Waals surface area contributed by atoms with Crippen LogP contribution in [0.2, 0.25) is 0 Å². The topological polar surface area (TPSA) is 43.4 Å². The molecule has 0 atom stereocenters. The Morgan fingerprint density at radius 3 is 1.80 bits per heavy atom. The number of rotatable bonds is 6. The third-order valence-corrected chi connectivity index (χ3v) is 3.90. The van der Waals surface area contributed by atoms with Crippen LogP contribution in [0.25, 0.3) is 0 Å². The summed E-state index contributed by atoms with van der Waals surface area (Å²) in [6, 6.07) is 26.1. The second-order valence-corrected chi connectivity index (χ2v) is 5.62. The summed E-state index contributed by atoms with van der Waals surface area (Å²) in [5.41, 5.74) is 3.09. The van der Waals surface area contributed by atoms with Crippen molar-refractivity contribution in [3.05, 3.63) is 107 Å². The van der Waals surface area contributed by atoms with Crippen molar-refractivity contribution >= 4 is 12.3 Å². The molecule has 1 radical (unpaired) electrons. The largest absolute Gasteiger partial charge is 0.449 e. The molecule has 0 fully saturated rings. The van der Waals surface area contributed by atoms with Crippen molar-refractivity contribution in [1.82, 2.24) is 0 Å². The zero-order valence-electron chi connectivity index (χ0n) is 13.6. The van der Waals surface area contributed by atoms with E-state index in [4.69, 9.17) is 4.74 Å². The fraction of sp³-hybridized carbons (Fsp3) is 0.0909. The Morgan fingerprint density at radius 2 is 1.32 bits per heavy atom. The molecular formula is C22H17O3. The standard InChI is InChI=1S/C22H17O3/c23-16-15-17-11-13-20(14-12-17)22(24)25-21(18-7-3-1-4-8-18)19-9-5-2-6-10-19/h1-14,21H,15H2. The van der Waals surface area contributed by atoms with Gasteiger partial charge in [-0.1, -0.05) is 72.8 Å². The predicted molar refractivity (Wildman–Crippen MR) is 96.0 cm³/mol. The molecule has 3 heteroatoms. The van der Waals surface area contributed by atoms with Crippen molar-refractivity contribution in [2.45, 2.75) is 12.5 Å². The van der Waals surface area contributed by atoms with Gasteiger partial charge in [-0.15, -0.1) is 0 Å². The Labute approximate surface area is 146 Å². The minimum absolute atomic E-state index is 0.214. The zero-order chi connectivity index (χ0) is 17.5. The average Bonchev–Trinajstić information content (AvgIpc) is 2.68. The summed E-state index contributed by atoms with van der Waals surface area (Å²) in [5, 5.41) is 0. The summed E-state index contributed by atoms with van der Waals surface area (Å²) >= 11 is 0. The second-order valence-electron chi connectivity index (χ2n) is 5.62. The van der Waals surface area contributed by atoms with Gasteiger partial charge in [0.15, 0.2) is 6.10 Å². The van der Waals surface area contributed by atoms with Gasteiger partial charge in [0.05, 0.1) is 5.56 Å². The van der Waals surface area contributed by atoms with Gasteiger partial charge in [0.1, 0.15) is 0 Å². The first-order chi connectivity index (χ1) is 12.3.